The lowest BCUT2D eigenvalue weighted by molar-refractivity contribution is -0.277. The Kier molecular flexibility index (Phi) is 13.5. The molecule has 48 heavy (non-hydrogen) atoms. The Bertz CT molecular complexity index is 1570. The number of hydrogen-bond acceptors (Lipinski definition) is 9. The molecular formula is C36H48ClN3O8. The van der Waals surface area contributed by atoms with E-state index < -0.39 is 37.3 Å². The number of amides is 1. The van der Waals surface area contributed by atoms with Crippen LogP contribution in [0, 0.1) is 0 Å². The molecule has 6 atom stereocenters. The zero-order chi connectivity index (χ0) is 35.0. The number of carbonyl (C=O) groups is 1. The SMILES string of the molecule is C/C=C(\C=C/c1ccc(C(=O)N2CC(C)c3c2cc(OC2OC(CO)C(O)C(O)C2O)c2ccccc32)[nH]1)OCCCN(C)C.CCCl. The lowest BCUT2D eigenvalue weighted by atomic mass is 9.95. The summed E-state index contributed by atoms with van der Waals surface area (Å²) in [6.45, 7) is 7.31. The normalized spacial score (nSPS) is 24.1. The van der Waals surface area contributed by atoms with E-state index in [4.69, 9.17) is 25.8 Å². The van der Waals surface area contributed by atoms with Crippen LogP contribution >= 0.6 is 11.6 Å². The van der Waals surface area contributed by atoms with Crippen molar-refractivity contribution in [3.8, 4) is 5.75 Å². The third-order valence-corrected chi connectivity index (χ3v) is 8.27. The third kappa shape index (κ3) is 8.59. The molecular weight excluding hydrogens is 638 g/mol. The molecule has 0 aliphatic carbocycles. The number of aliphatic hydroxyl groups excluding tert-OH is 4. The first-order valence-corrected chi connectivity index (χ1v) is 16.8. The van der Waals surface area contributed by atoms with Gasteiger partial charge in [-0.3, -0.25) is 4.79 Å². The molecule has 5 N–H and O–H groups in total. The maximum absolute atomic E-state index is 13.9. The summed E-state index contributed by atoms with van der Waals surface area (Å²) >= 11 is 5.00. The lowest BCUT2D eigenvalue weighted by Gasteiger charge is -2.39. The highest BCUT2D eigenvalue weighted by atomic mass is 35.5. The van der Waals surface area contributed by atoms with E-state index >= 15 is 0 Å². The molecule has 11 nitrogen and oxygen atoms in total. The number of aromatic amines is 1. The Morgan fingerprint density at radius 2 is 1.83 bits per heavy atom. The fraction of sp³-hybridized carbons (Fsp3) is 0.472. The van der Waals surface area contributed by atoms with E-state index in [0.29, 0.717) is 30.3 Å². The number of benzene rings is 2. The summed E-state index contributed by atoms with van der Waals surface area (Å²) in [6, 6.07) is 12.9. The molecule has 0 spiro atoms. The number of rotatable bonds is 11. The zero-order valence-corrected chi connectivity index (χ0v) is 28.9. The molecule has 262 valence electrons. The van der Waals surface area contributed by atoms with E-state index in [1.807, 2.05) is 76.5 Å². The van der Waals surface area contributed by atoms with Crippen molar-refractivity contribution < 1.29 is 39.4 Å². The van der Waals surface area contributed by atoms with Crippen LogP contribution in [0.3, 0.4) is 0 Å². The van der Waals surface area contributed by atoms with Crippen LogP contribution in [0.1, 0.15) is 54.9 Å². The van der Waals surface area contributed by atoms with Crippen molar-refractivity contribution in [2.24, 2.45) is 0 Å². The van der Waals surface area contributed by atoms with Crippen LogP contribution < -0.4 is 9.64 Å². The van der Waals surface area contributed by atoms with Gasteiger partial charge in [-0.1, -0.05) is 38.1 Å². The first-order chi connectivity index (χ1) is 23.0. The number of aliphatic hydroxyl groups is 4. The van der Waals surface area contributed by atoms with Gasteiger partial charge in [-0.05, 0) is 68.8 Å². The van der Waals surface area contributed by atoms with E-state index in [2.05, 4.69) is 16.8 Å². The van der Waals surface area contributed by atoms with E-state index in [0.717, 1.165) is 46.6 Å². The van der Waals surface area contributed by atoms with Gasteiger partial charge in [0.05, 0.1) is 18.9 Å². The number of halogens is 1. The molecule has 3 heterocycles. The Morgan fingerprint density at radius 1 is 1.12 bits per heavy atom. The molecule has 1 aromatic heterocycles. The van der Waals surface area contributed by atoms with Crippen molar-refractivity contribution in [1.29, 1.82) is 0 Å². The number of nitrogens with one attached hydrogen (secondary N) is 1. The van der Waals surface area contributed by atoms with E-state index in [1.165, 1.54) is 0 Å². The molecule has 1 saturated heterocycles. The summed E-state index contributed by atoms with van der Waals surface area (Å²) in [5.74, 6) is 1.63. The van der Waals surface area contributed by atoms with Crippen LogP contribution in [-0.4, -0.2) is 113 Å². The number of hydrogen-bond donors (Lipinski definition) is 5. The summed E-state index contributed by atoms with van der Waals surface area (Å²) in [4.78, 5) is 20.9. The molecule has 0 radical (unpaired) electrons. The highest BCUT2D eigenvalue weighted by Gasteiger charge is 2.45. The number of allylic oxidation sites excluding steroid dienone is 2. The van der Waals surface area contributed by atoms with Gasteiger partial charge in [0.1, 0.15) is 41.6 Å². The van der Waals surface area contributed by atoms with Crippen LogP contribution in [-0.2, 0) is 9.47 Å². The molecule has 2 aromatic carbocycles. The van der Waals surface area contributed by atoms with Gasteiger partial charge in [0.2, 0.25) is 6.29 Å². The van der Waals surface area contributed by atoms with Crippen molar-refractivity contribution in [3.05, 3.63) is 77.3 Å². The largest absolute Gasteiger partial charge is 0.494 e. The van der Waals surface area contributed by atoms with Gasteiger partial charge in [0.25, 0.3) is 5.91 Å². The van der Waals surface area contributed by atoms with Gasteiger partial charge in [-0.25, -0.2) is 0 Å². The third-order valence-electron chi connectivity index (χ3n) is 8.27. The monoisotopic (exact) mass is 685 g/mol. The molecule has 5 rings (SSSR count). The number of nitrogens with zero attached hydrogens (tertiary/aromatic N) is 2. The molecule has 1 fully saturated rings. The van der Waals surface area contributed by atoms with Crippen LogP contribution in [0.5, 0.6) is 5.75 Å². The summed E-state index contributed by atoms with van der Waals surface area (Å²) in [5.41, 5.74) is 2.84. The summed E-state index contributed by atoms with van der Waals surface area (Å²) in [7, 11) is 4.06. The predicted octanol–water partition coefficient (Wildman–Crippen LogP) is 4.24. The fourth-order valence-electron chi connectivity index (χ4n) is 5.88. The molecule has 1 amide bonds. The van der Waals surface area contributed by atoms with Crippen molar-refractivity contribution in [2.75, 3.05) is 51.2 Å². The first-order valence-electron chi connectivity index (χ1n) is 16.3. The molecule has 2 aliphatic rings. The van der Waals surface area contributed by atoms with Crippen molar-refractivity contribution in [1.82, 2.24) is 9.88 Å². The Balaban J connectivity index is 0.00000167. The van der Waals surface area contributed by atoms with Crippen molar-refractivity contribution >= 4 is 40.0 Å². The smallest absolute Gasteiger partial charge is 0.274 e. The van der Waals surface area contributed by atoms with Crippen LogP contribution in [0.25, 0.3) is 16.8 Å². The van der Waals surface area contributed by atoms with Gasteiger partial charge in [0, 0.05) is 42.0 Å². The van der Waals surface area contributed by atoms with Crippen molar-refractivity contribution in [2.45, 2.75) is 63.8 Å². The lowest BCUT2D eigenvalue weighted by Crippen LogP contribution is -2.60. The molecule has 3 aromatic rings. The average Bonchev–Trinajstić information content (AvgIpc) is 3.69. The van der Waals surface area contributed by atoms with Gasteiger partial charge < -0.3 is 49.4 Å². The number of alkyl halides is 1. The van der Waals surface area contributed by atoms with Crippen LogP contribution in [0.2, 0.25) is 0 Å². The van der Waals surface area contributed by atoms with E-state index in [9.17, 15) is 25.2 Å². The fourth-order valence-corrected chi connectivity index (χ4v) is 5.88. The molecule has 0 saturated carbocycles. The molecule has 0 bridgehead atoms. The summed E-state index contributed by atoms with van der Waals surface area (Å²) < 4.78 is 17.6. The molecule has 2 aliphatic heterocycles. The summed E-state index contributed by atoms with van der Waals surface area (Å²) in [5, 5.41) is 42.4. The zero-order valence-electron chi connectivity index (χ0n) is 28.2. The standard InChI is InChI=1S/C34H43N3O8.C2H5Cl/c1-5-22(43-16-8-15-36(3)4)13-11-21-12-14-25(35-21)33(42)37-18-20(2)29-24-10-7-6-9-23(24)27(17-26(29)37)44-34-32(41)31(40)30(39)28(19-38)45-34;1-2-3/h5-7,9-14,17,20,28,30-32,34-35,38-41H,8,15-16,18-19H2,1-4H3;2H2,1H3/b13-11-,22-5+;. The number of carbonyl (C=O) groups excluding carboxylic acids is 1. The second-order valence-electron chi connectivity index (χ2n) is 12.1. The average molecular weight is 686 g/mol. The number of ether oxygens (including phenoxy) is 3. The Labute approximate surface area is 287 Å². The van der Waals surface area contributed by atoms with Crippen LogP contribution in [0.4, 0.5) is 5.69 Å². The maximum atomic E-state index is 13.9. The second-order valence-corrected chi connectivity index (χ2v) is 12.6. The highest BCUT2D eigenvalue weighted by molar-refractivity contribution is 6.17. The minimum absolute atomic E-state index is 0.0337. The minimum Gasteiger partial charge on any atom is -0.494 e. The van der Waals surface area contributed by atoms with Crippen molar-refractivity contribution in [3.63, 3.8) is 0 Å². The molecule has 6 unspecified atom stereocenters. The number of H-pyrrole nitrogens is 1. The Morgan fingerprint density at radius 3 is 2.50 bits per heavy atom. The Hall–Kier alpha value is -3.42. The number of anilines is 1. The van der Waals surface area contributed by atoms with Gasteiger partial charge >= 0.3 is 0 Å². The quantitative estimate of drug-likeness (QED) is 0.0865. The van der Waals surface area contributed by atoms with Crippen LogP contribution in [0.15, 0.2) is 60.4 Å². The highest BCUT2D eigenvalue weighted by Crippen LogP contribution is 2.46. The summed E-state index contributed by atoms with van der Waals surface area (Å²) in [6.07, 6.45) is -0.545. The molecule has 12 heteroatoms. The topological polar surface area (TPSA) is 148 Å². The van der Waals surface area contributed by atoms with E-state index in [-0.39, 0.29) is 11.8 Å². The van der Waals surface area contributed by atoms with E-state index in [1.54, 1.807) is 17.0 Å². The first kappa shape index (κ1) is 37.4. The number of aromatic nitrogens is 1. The van der Waals surface area contributed by atoms with Gasteiger partial charge in [0.15, 0.2) is 0 Å². The van der Waals surface area contributed by atoms with Gasteiger partial charge in [-0.2, -0.15) is 0 Å². The maximum Gasteiger partial charge on any atom is 0.274 e. The predicted molar refractivity (Wildman–Crippen MR) is 188 cm³/mol. The van der Waals surface area contributed by atoms with Gasteiger partial charge in [-0.15, -0.1) is 11.6 Å². The minimum atomic E-state index is -1.57. The number of fused-ring (bicyclic) bond motifs is 3. The second kappa shape index (κ2) is 17.3.